The molecule has 2 aromatic heterocycles. The van der Waals surface area contributed by atoms with Gasteiger partial charge in [0.05, 0.1) is 23.0 Å². The number of nitrogens with zero attached hydrogens (tertiary/aromatic N) is 5. The summed E-state index contributed by atoms with van der Waals surface area (Å²) in [6.45, 7) is 6.64. The summed E-state index contributed by atoms with van der Waals surface area (Å²) in [6, 6.07) is 5.48. The Labute approximate surface area is 174 Å². The van der Waals surface area contributed by atoms with Crippen molar-refractivity contribution in [3.8, 4) is 11.3 Å². The number of carbonyl (C=O) groups excluding carboxylic acids is 2. The first kappa shape index (κ1) is 20.0. The lowest BCUT2D eigenvalue weighted by Gasteiger charge is -2.37. The molecular formula is C22H24FN5O2. The van der Waals surface area contributed by atoms with Crippen LogP contribution in [0.5, 0.6) is 0 Å². The third kappa shape index (κ3) is 3.42. The zero-order valence-corrected chi connectivity index (χ0v) is 17.5. The Kier molecular flexibility index (Phi) is 5.01. The predicted molar refractivity (Wildman–Crippen MR) is 111 cm³/mol. The van der Waals surface area contributed by atoms with Gasteiger partial charge in [-0.25, -0.2) is 9.37 Å². The van der Waals surface area contributed by atoms with E-state index in [-0.39, 0.29) is 17.9 Å². The minimum absolute atomic E-state index is 0.113. The van der Waals surface area contributed by atoms with Gasteiger partial charge in [-0.05, 0) is 45.0 Å². The van der Waals surface area contributed by atoms with Crippen molar-refractivity contribution in [2.45, 2.75) is 32.9 Å². The average Bonchev–Trinajstić information content (AvgIpc) is 3.22. The van der Waals surface area contributed by atoms with Crippen LogP contribution in [0.25, 0.3) is 22.2 Å². The Hall–Kier alpha value is -3.29. The molecule has 0 aliphatic carbocycles. The highest BCUT2D eigenvalue weighted by molar-refractivity contribution is 6.08. The van der Waals surface area contributed by atoms with E-state index in [0.29, 0.717) is 35.2 Å². The number of likely N-dealkylation sites (N-methyl/N-ethyl adjacent to an activating group) is 1. The quantitative estimate of drug-likeness (QED) is 0.666. The van der Waals surface area contributed by atoms with Crippen LogP contribution in [0.1, 0.15) is 37.2 Å². The van der Waals surface area contributed by atoms with Gasteiger partial charge in [0.2, 0.25) is 5.91 Å². The molecule has 0 saturated carbocycles. The number of aromatic nitrogens is 3. The zero-order valence-electron chi connectivity index (χ0n) is 17.5. The lowest BCUT2D eigenvalue weighted by molar-refractivity contribution is -0.137. The molecule has 1 atom stereocenters. The fourth-order valence-corrected chi connectivity index (χ4v) is 3.72. The molecule has 1 saturated heterocycles. The molecule has 2 amide bonds. The number of fused-ring (bicyclic) bond motifs is 1. The predicted octanol–water partition coefficient (Wildman–Crippen LogP) is 3.12. The van der Waals surface area contributed by atoms with Gasteiger partial charge in [-0.1, -0.05) is 0 Å². The first-order valence-electron chi connectivity index (χ1n) is 9.97. The molecule has 0 bridgehead atoms. The third-order valence-corrected chi connectivity index (χ3v) is 5.57. The monoisotopic (exact) mass is 409 g/mol. The van der Waals surface area contributed by atoms with Crippen molar-refractivity contribution in [2.24, 2.45) is 0 Å². The van der Waals surface area contributed by atoms with Crippen LogP contribution in [0.2, 0.25) is 0 Å². The lowest BCUT2D eigenvalue weighted by atomic mass is 10.0. The number of halogens is 1. The average molecular weight is 409 g/mol. The van der Waals surface area contributed by atoms with Crippen molar-refractivity contribution in [3.63, 3.8) is 0 Å². The van der Waals surface area contributed by atoms with Crippen molar-refractivity contribution < 1.29 is 14.0 Å². The third-order valence-electron chi connectivity index (χ3n) is 5.57. The summed E-state index contributed by atoms with van der Waals surface area (Å²) in [5, 5.41) is 4.78. The number of amides is 2. The number of piperazine rings is 1. The van der Waals surface area contributed by atoms with Gasteiger partial charge in [-0.3, -0.25) is 14.3 Å². The summed E-state index contributed by atoms with van der Waals surface area (Å²) in [6.07, 6.45) is 3.58. The van der Waals surface area contributed by atoms with Crippen LogP contribution in [0.15, 0.2) is 36.7 Å². The Bertz CT molecular complexity index is 1140. The minimum Gasteiger partial charge on any atom is -0.342 e. The molecule has 1 aliphatic heterocycles. The van der Waals surface area contributed by atoms with E-state index < -0.39 is 11.9 Å². The SMILES string of the molecule is CC1C(=O)N(C)CCN1C(=O)c1cc(-c2cnn(C(C)C)c2)nc2ccc(F)cc12. The lowest BCUT2D eigenvalue weighted by Crippen LogP contribution is -2.56. The smallest absolute Gasteiger partial charge is 0.255 e. The van der Waals surface area contributed by atoms with Crippen molar-refractivity contribution >= 4 is 22.7 Å². The molecule has 0 radical (unpaired) electrons. The van der Waals surface area contributed by atoms with Crippen LogP contribution in [0, 0.1) is 5.82 Å². The summed E-state index contributed by atoms with van der Waals surface area (Å²) in [4.78, 5) is 33.6. The highest BCUT2D eigenvalue weighted by Crippen LogP contribution is 2.28. The summed E-state index contributed by atoms with van der Waals surface area (Å²) in [7, 11) is 1.72. The van der Waals surface area contributed by atoms with Crippen molar-refractivity contribution in [1.82, 2.24) is 24.6 Å². The molecule has 1 unspecified atom stereocenters. The molecule has 4 rings (SSSR count). The highest BCUT2D eigenvalue weighted by Gasteiger charge is 2.34. The summed E-state index contributed by atoms with van der Waals surface area (Å²) in [5.74, 6) is -0.863. The molecule has 7 nitrogen and oxygen atoms in total. The molecule has 1 aliphatic rings. The molecular weight excluding hydrogens is 385 g/mol. The Balaban J connectivity index is 1.83. The molecule has 3 aromatic rings. The van der Waals surface area contributed by atoms with Gasteiger partial charge in [0, 0.05) is 43.3 Å². The van der Waals surface area contributed by atoms with Crippen LogP contribution in [-0.2, 0) is 4.79 Å². The van der Waals surface area contributed by atoms with Crippen molar-refractivity contribution in [1.29, 1.82) is 0 Å². The standard InChI is InChI=1S/C22H24FN5O2/c1-13(2)28-12-15(11-24-28)20-10-18(17-9-16(23)5-6-19(17)25-20)22(30)27-8-7-26(4)21(29)14(27)3/h5-6,9-14H,7-8H2,1-4H3. The number of rotatable bonds is 3. The van der Waals surface area contributed by atoms with Crippen LogP contribution in [-0.4, -0.2) is 62.6 Å². The summed E-state index contributed by atoms with van der Waals surface area (Å²) < 4.78 is 15.8. The van der Waals surface area contributed by atoms with E-state index in [1.807, 2.05) is 24.7 Å². The van der Waals surface area contributed by atoms with Gasteiger partial charge < -0.3 is 9.80 Å². The molecule has 0 N–H and O–H groups in total. The van der Waals surface area contributed by atoms with Gasteiger partial charge in [-0.15, -0.1) is 0 Å². The summed E-state index contributed by atoms with van der Waals surface area (Å²) in [5.41, 5.74) is 2.20. The van der Waals surface area contributed by atoms with Gasteiger partial charge in [0.15, 0.2) is 0 Å². The molecule has 0 spiro atoms. The Morgan fingerprint density at radius 2 is 2.00 bits per heavy atom. The molecule has 3 heterocycles. The Morgan fingerprint density at radius 1 is 1.23 bits per heavy atom. The van der Waals surface area contributed by atoms with E-state index >= 15 is 0 Å². The molecule has 156 valence electrons. The number of carbonyl (C=O) groups is 2. The number of pyridine rings is 1. The first-order valence-corrected chi connectivity index (χ1v) is 9.97. The molecule has 1 fully saturated rings. The molecule has 30 heavy (non-hydrogen) atoms. The van der Waals surface area contributed by atoms with E-state index in [0.717, 1.165) is 5.56 Å². The maximum absolute atomic E-state index is 14.0. The zero-order chi connectivity index (χ0) is 21.6. The van der Waals surface area contributed by atoms with Crippen LogP contribution < -0.4 is 0 Å². The van der Waals surface area contributed by atoms with Gasteiger partial charge in [0.25, 0.3) is 5.91 Å². The van der Waals surface area contributed by atoms with Crippen LogP contribution in [0.4, 0.5) is 4.39 Å². The van der Waals surface area contributed by atoms with E-state index in [1.54, 1.807) is 42.1 Å². The molecule has 1 aromatic carbocycles. The second-order valence-electron chi connectivity index (χ2n) is 7.95. The first-order chi connectivity index (χ1) is 14.3. The van der Waals surface area contributed by atoms with Crippen molar-refractivity contribution in [3.05, 3.63) is 48.0 Å². The van der Waals surface area contributed by atoms with E-state index in [9.17, 15) is 14.0 Å². The number of benzene rings is 1. The summed E-state index contributed by atoms with van der Waals surface area (Å²) >= 11 is 0. The van der Waals surface area contributed by atoms with Crippen LogP contribution >= 0.6 is 0 Å². The van der Waals surface area contributed by atoms with Gasteiger partial charge in [-0.2, -0.15) is 5.10 Å². The highest BCUT2D eigenvalue weighted by atomic mass is 19.1. The molecule has 8 heteroatoms. The minimum atomic E-state index is -0.583. The fourth-order valence-electron chi connectivity index (χ4n) is 3.72. The van der Waals surface area contributed by atoms with E-state index in [2.05, 4.69) is 10.1 Å². The normalized spacial score (nSPS) is 17.3. The second kappa shape index (κ2) is 7.51. The van der Waals surface area contributed by atoms with Gasteiger partial charge >= 0.3 is 0 Å². The maximum Gasteiger partial charge on any atom is 0.255 e. The number of hydrogen-bond donors (Lipinski definition) is 0. The fraction of sp³-hybridized carbons (Fsp3) is 0.364. The van der Waals surface area contributed by atoms with Crippen molar-refractivity contribution in [2.75, 3.05) is 20.1 Å². The number of hydrogen-bond acceptors (Lipinski definition) is 4. The second-order valence-corrected chi connectivity index (χ2v) is 7.95. The Morgan fingerprint density at radius 3 is 2.70 bits per heavy atom. The van der Waals surface area contributed by atoms with E-state index in [4.69, 9.17) is 0 Å². The van der Waals surface area contributed by atoms with Crippen LogP contribution in [0.3, 0.4) is 0 Å². The largest absolute Gasteiger partial charge is 0.342 e. The van der Waals surface area contributed by atoms with Gasteiger partial charge in [0.1, 0.15) is 11.9 Å². The maximum atomic E-state index is 14.0. The van der Waals surface area contributed by atoms with E-state index in [1.165, 1.54) is 12.1 Å². The topological polar surface area (TPSA) is 71.3 Å².